The van der Waals surface area contributed by atoms with Gasteiger partial charge in [0.05, 0.1) is 5.69 Å². The lowest BCUT2D eigenvalue weighted by atomic mass is 10.3. The fourth-order valence-electron chi connectivity index (χ4n) is 1.94. The van der Waals surface area contributed by atoms with Crippen molar-refractivity contribution in [3.63, 3.8) is 0 Å². The van der Waals surface area contributed by atoms with E-state index in [1.807, 2.05) is 7.05 Å². The first-order valence-electron chi connectivity index (χ1n) is 6.13. The predicted molar refractivity (Wildman–Crippen MR) is 71.5 cm³/mol. The fraction of sp³-hybridized carbons (Fsp3) is 0.545. The molecule has 1 aliphatic heterocycles. The van der Waals surface area contributed by atoms with E-state index in [1.165, 1.54) is 12.3 Å². The number of hydrogen-bond acceptors (Lipinski definition) is 6. The molecule has 0 bridgehead atoms. The third-order valence-electron chi connectivity index (χ3n) is 3.08. The molecule has 1 saturated heterocycles. The Labute approximate surface area is 113 Å². The highest BCUT2D eigenvalue weighted by molar-refractivity contribution is 7.89. The van der Waals surface area contributed by atoms with Crippen molar-refractivity contribution in [1.82, 2.24) is 19.7 Å². The number of hydrazine groups is 1. The topological polar surface area (TPSA) is 91.6 Å². The molecule has 0 spiro atoms. The number of rotatable bonds is 4. The maximum absolute atomic E-state index is 12.3. The zero-order valence-corrected chi connectivity index (χ0v) is 11.7. The van der Waals surface area contributed by atoms with Gasteiger partial charge in [-0.05, 0) is 19.2 Å². The Kier molecular flexibility index (Phi) is 4.48. The molecule has 7 nitrogen and oxygen atoms in total. The van der Waals surface area contributed by atoms with E-state index >= 15 is 0 Å². The van der Waals surface area contributed by atoms with Gasteiger partial charge < -0.3 is 10.6 Å². The number of nitrogens with two attached hydrogens (primary N) is 1. The van der Waals surface area contributed by atoms with Gasteiger partial charge in [-0.15, -0.1) is 4.83 Å². The minimum absolute atomic E-state index is 0.0970. The SMILES string of the molecule is CN1CCN(NS(=O)(=O)c2cccnc2CN)CC1. The smallest absolute Gasteiger partial charge is 0.255 e. The van der Waals surface area contributed by atoms with Crippen LogP contribution < -0.4 is 10.6 Å². The first-order chi connectivity index (χ1) is 9.03. The van der Waals surface area contributed by atoms with Crippen molar-refractivity contribution in [1.29, 1.82) is 0 Å². The maximum Gasteiger partial charge on any atom is 0.255 e. The molecule has 2 rings (SSSR count). The molecule has 0 aromatic carbocycles. The van der Waals surface area contributed by atoms with Crippen LogP contribution in [-0.2, 0) is 16.6 Å². The van der Waals surface area contributed by atoms with Gasteiger partial charge in [-0.2, -0.15) is 0 Å². The molecule has 3 N–H and O–H groups in total. The summed E-state index contributed by atoms with van der Waals surface area (Å²) in [4.78, 5) is 8.89. The van der Waals surface area contributed by atoms with E-state index < -0.39 is 10.0 Å². The summed E-state index contributed by atoms with van der Waals surface area (Å²) in [5.41, 5.74) is 5.90. The van der Waals surface area contributed by atoms with Crippen molar-refractivity contribution in [2.75, 3.05) is 33.2 Å². The zero-order valence-electron chi connectivity index (χ0n) is 10.9. The first-order valence-corrected chi connectivity index (χ1v) is 7.61. The van der Waals surface area contributed by atoms with Crippen LogP contribution in [0.25, 0.3) is 0 Å². The van der Waals surface area contributed by atoms with Crippen LogP contribution in [-0.4, -0.2) is 56.5 Å². The monoisotopic (exact) mass is 285 g/mol. The predicted octanol–water partition coefficient (Wildman–Crippen LogP) is -1.02. The van der Waals surface area contributed by atoms with Crippen LogP contribution in [0.2, 0.25) is 0 Å². The van der Waals surface area contributed by atoms with Gasteiger partial charge in [0, 0.05) is 38.9 Å². The summed E-state index contributed by atoms with van der Waals surface area (Å²) in [5.74, 6) is 0. The number of piperazine rings is 1. The summed E-state index contributed by atoms with van der Waals surface area (Å²) in [6, 6.07) is 3.12. The van der Waals surface area contributed by atoms with Gasteiger partial charge >= 0.3 is 0 Å². The Morgan fingerprint density at radius 3 is 2.68 bits per heavy atom. The Morgan fingerprint density at radius 2 is 2.05 bits per heavy atom. The van der Waals surface area contributed by atoms with Crippen molar-refractivity contribution in [2.24, 2.45) is 5.73 Å². The van der Waals surface area contributed by atoms with Crippen molar-refractivity contribution < 1.29 is 8.42 Å². The molecule has 1 aromatic heterocycles. The molecular weight excluding hydrogens is 266 g/mol. The average molecular weight is 285 g/mol. The minimum atomic E-state index is -3.61. The molecular formula is C11H19N5O2S. The van der Waals surface area contributed by atoms with Gasteiger partial charge in [0.1, 0.15) is 4.90 Å². The molecule has 0 unspecified atom stereocenters. The largest absolute Gasteiger partial charge is 0.325 e. The molecule has 0 radical (unpaired) electrons. The Morgan fingerprint density at radius 1 is 1.37 bits per heavy atom. The molecule has 8 heteroatoms. The van der Waals surface area contributed by atoms with E-state index in [9.17, 15) is 8.42 Å². The summed E-state index contributed by atoms with van der Waals surface area (Å²) in [7, 11) is -1.59. The standard InChI is InChI=1S/C11H19N5O2S/c1-15-5-7-16(8-6-15)14-19(17,18)11-3-2-4-13-10(11)9-12/h2-4,14H,5-9,12H2,1H3. The summed E-state index contributed by atoms with van der Waals surface area (Å²) in [6.07, 6.45) is 1.54. The minimum Gasteiger partial charge on any atom is -0.325 e. The number of pyridine rings is 1. The van der Waals surface area contributed by atoms with E-state index in [4.69, 9.17) is 5.73 Å². The summed E-state index contributed by atoms with van der Waals surface area (Å²) >= 11 is 0. The van der Waals surface area contributed by atoms with Crippen LogP contribution in [0.1, 0.15) is 5.69 Å². The van der Waals surface area contributed by atoms with Gasteiger partial charge in [0.25, 0.3) is 10.0 Å². The van der Waals surface area contributed by atoms with Crippen LogP contribution in [0.15, 0.2) is 23.2 Å². The normalized spacial score (nSPS) is 18.6. The number of hydrogen-bond donors (Lipinski definition) is 2. The Bertz CT molecular complexity index is 526. The second kappa shape index (κ2) is 5.93. The van der Waals surface area contributed by atoms with Crippen molar-refractivity contribution in [3.05, 3.63) is 24.0 Å². The van der Waals surface area contributed by atoms with Gasteiger partial charge in [-0.1, -0.05) is 0 Å². The number of aromatic nitrogens is 1. The lowest BCUT2D eigenvalue weighted by molar-refractivity contribution is 0.135. The van der Waals surface area contributed by atoms with Crippen molar-refractivity contribution >= 4 is 10.0 Å². The summed E-state index contributed by atoms with van der Waals surface area (Å²) in [6.45, 7) is 3.08. The zero-order chi connectivity index (χ0) is 13.9. The molecule has 0 saturated carbocycles. The molecule has 1 aliphatic rings. The van der Waals surface area contributed by atoms with Crippen molar-refractivity contribution in [3.8, 4) is 0 Å². The average Bonchev–Trinajstić information content (AvgIpc) is 2.41. The Balaban J connectivity index is 2.14. The molecule has 0 aliphatic carbocycles. The van der Waals surface area contributed by atoms with Crippen LogP contribution in [0, 0.1) is 0 Å². The molecule has 2 heterocycles. The molecule has 1 aromatic rings. The van der Waals surface area contributed by atoms with E-state index in [1.54, 1.807) is 11.1 Å². The molecule has 19 heavy (non-hydrogen) atoms. The van der Waals surface area contributed by atoms with Crippen LogP contribution in [0.3, 0.4) is 0 Å². The van der Waals surface area contributed by atoms with Crippen molar-refractivity contribution in [2.45, 2.75) is 11.4 Å². The molecule has 106 valence electrons. The summed E-state index contributed by atoms with van der Waals surface area (Å²) in [5, 5.41) is 1.71. The van der Waals surface area contributed by atoms with E-state index in [0.29, 0.717) is 18.8 Å². The maximum atomic E-state index is 12.3. The second-order valence-corrected chi connectivity index (χ2v) is 6.17. The number of nitrogens with zero attached hydrogens (tertiary/aromatic N) is 3. The van der Waals surface area contributed by atoms with Crippen LogP contribution in [0.4, 0.5) is 0 Å². The third kappa shape index (κ3) is 3.48. The van der Waals surface area contributed by atoms with Crippen LogP contribution in [0.5, 0.6) is 0 Å². The highest BCUT2D eigenvalue weighted by Gasteiger charge is 2.23. The lowest BCUT2D eigenvalue weighted by Crippen LogP contribution is -2.52. The lowest BCUT2D eigenvalue weighted by Gasteiger charge is -2.32. The first kappa shape index (κ1) is 14.4. The van der Waals surface area contributed by atoms with E-state index in [-0.39, 0.29) is 11.4 Å². The summed E-state index contributed by atoms with van der Waals surface area (Å²) < 4.78 is 24.6. The second-order valence-electron chi connectivity index (χ2n) is 4.54. The Hall–Kier alpha value is -1.06. The van der Waals surface area contributed by atoms with E-state index in [2.05, 4.69) is 14.7 Å². The van der Waals surface area contributed by atoms with Gasteiger partial charge in [0.2, 0.25) is 0 Å². The number of likely N-dealkylation sites (N-methyl/N-ethyl adjacent to an activating group) is 1. The van der Waals surface area contributed by atoms with Crippen LogP contribution >= 0.6 is 0 Å². The number of nitrogens with one attached hydrogen (secondary N) is 1. The molecule has 0 atom stereocenters. The molecule has 0 amide bonds. The third-order valence-corrected chi connectivity index (χ3v) is 4.53. The quantitative estimate of drug-likeness (QED) is 0.736. The fourth-order valence-corrected chi connectivity index (χ4v) is 3.26. The van der Waals surface area contributed by atoms with Gasteiger partial charge in [-0.3, -0.25) is 4.98 Å². The number of sulfonamides is 1. The van der Waals surface area contributed by atoms with Gasteiger partial charge in [-0.25, -0.2) is 13.4 Å². The van der Waals surface area contributed by atoms with E-state index in [0.717, 1.165) is 13.1 Å². The van der Waals surface area contributed by atoms with Gasteiger partial charge in [0.15, 0.2) is 0 Å². The highest BCUT2D eigenvalue weighted by Crippen LogP contribution is 2.13. The highest BCUT2D eigenvalue weighted by atomic mass is 32.2. The molecule has 1 fully saturated rings.